The Labute approximate surface area is 139 Å². The van der Waals surface area contributed by atoms with Crippen LogP contribution in [-0.2, 0) is 17.6 Å². The van der Waals surface area contributed by atoms with E-state index in [4.69, 9.17) is 4.74 Å². The minimum Gasteiger partial charge on any atom is -0.387 e. The summed E-state index contributed by atoms with van der Waals surface area (Å²) in [6.45, 7) is 2.20. The van der Waals surface area contributed by atoms with Crippen LogP contribution in [0, 0.1) is 6.92 Å². The van der Waals surface area contributed by atoms with E-state index in [-0.39, 0.29) is 12.2 Å². The van der Waals surface area contributed by atoms with Crippen LogP contribution in [-0.4, -0.2) is 22.4 Å². The van der Waals surface area contributed by atoms with Gasteiger partial charge in [0.1, 0.15) is 24.4 Å². The molecule has 3 aliphatic rings. The maximum atomic E-state index is 10.4. The quantitative estimate of drug-likeness (QED) is 0.494. The van der Waals surface area contributed by atoms with E-state index in [9.17, 15) is 10.2 Å². The van der Waals surface area contributed by atoms with Gasteiger partial charge in [0.25, 0.3) is 0 Å². The van der Waals surface area contributed by atoms with Crippen molar-refractivity contribution < 1.29 is 14.9 Å². The molecule has 3 heteroatoms. The lowest BCUT2D eigenvalue weighted by molar-refractivity contribution is 0.000105. The maximum absolute atomic E-state index is 10.4. The molecule has 2 aliphatic carbocycles. The van der Waals surface area contributed by atoms with Gasteiger partial charge in [-0.1, -0.05) is 24.3 Å². The summed E-state index contributed by atoms with van der Waals surface area (Å²) in [5.74, 6) is 0. The molecule has 0 bridgehead atoms. The third-order valence-electron chi connectivity index (χ3n) is 6.24. The van der Waals surface area contributed by atoms with Gasteiger partial charge in [0.05, 0.1) is 0 Å². The zero-order valence-electron chi connectivity index (χ0n) is 13.4. The number of aliphatic hydroxyl groups excluding tert-OH is 2. The largest absolute Gasteiger partial charge is 0.387 e. The number of hydrogen-bond donors (Lipinski definition) is 2. The zero-order valence-corrected chi connectivity index (χ0v) is 13.4. The Morgan fingerprint density at radius 3 is 2.71 bits per heavy atom. The van der Waals surface area contributed by atoms with E-state index in [1.807, 2.05) is 6.07 Å². The molecule has 1 heterocycles. The van der Waals surface area contributed by atoms with Crippen molar-refractivity contribution in [1.29, 1.82) is 0 Å². The molecule has 2 N–H and O–H groups in total. The van der Waals surface area contributed by atoms with Gasteiger partial charge in [-0.05, 0) is 75.2 Å². The van der Waals surface area contributed by atoms with Gasteiger partial charge in [-0.2, -0.15) is 0 Å². The second-order valence-electron chi connectivity index (χ2n) is 7.43. The summed E-state index contributed by atoms with van der Waals surface area (Å²) in [6.07, 6.45) is 0.191. The molecule has 0 amide bonds. The van der Waals surface area contributed by atoms with Crippen molar-refractivity contribution in [2.24, 2.45) is 0 Å². The van der Waals surface area contributed by atoms with Crippen molar-refractivity contribution in [2.75, 3.05) is 0 Å². The number of ether oxygens (including phenoxy) is 1. The molecular formula is C21H18O3. The smallest absolute Gasteiger partial charge is 0.118 e. The molecule has 0 unspecified atom stereocenters. The molecule has 1 saturated heterocycles. The summed E-state index contributed by atoms with van der Waals surface area (Å²) in [4.78, 5) is 0. The zero-order chi connectivity index (χ0) is 16.2. The normalized spacial score (nSPS) is 29.8. The maximum Gasteiger partial charge on any atom is 0.118 e. The van der Waals surface area contributed by atoms with E-state index < -0.39 is 12.2 Å². The number of fused-ring (bicyclic) bond motifs is 6. The van der Waals surface area contributed by atoms with Crippen LogP contribution in [0.4, 0.5) is 0 Å². The molecule has 0 saturated carbocycles. The summed E-state index contributed by atoms with van der Waals surface area (Å²) in [6, 6.07) is 10.8. The highest BCUT2D eigenvalue weighted by molar-refractivity contribution is 6.07. The molecule has 3 aromatic rings. The van der Waals surface area contributed by atoms with E-state index in [2.05, 4.69) is 31.2 Å². The monoisotopic (exact) mass is 318 g/mol. The molecule has 1 fully saturated rings. The number of aryl methyl sites for hydroxylation is 3. The fourth-order valence-electron chi connectivity index (χ4n) is 5.00. The Kier molecular flexibility index (Phi) is 2.32. The molecule has 3 nitrogen and oxygen atoms in total. The lowest BCUT2D eigenvalue weighted by atomic mass is 9.82. The van der Waals surface area contributed by atoms with Gasteiger partial charge in [0, 0.05) is 0 Å². The van der Waals surface area contributed by atoms with E-state index in [1.54, 1.807) is 0 Å². The average Bonchev–Trinajstić information content (AvgIpc) is 3.26. The Morgan fingerprint density at radius 2 is 1.83 bits per heavy atom. The third-order valence-corrected chi connectivity index (χ3v) is 6.24. The first kappa shape index (κ1) is 13.4. The van der Waals surface area contributed by atoms with Gasteiger partial charge in [-0.3, -0.25) is 0 Å². The van der Waals surface area contributed by atoms with Crippen LogP contribution in [0.2, 0.25) is 0 Å². The van der Waals surface area contributed by atoms with Crippen molar-refractivity contribution in [2.45, 2.75) is 44.2 Å². The van der Waals surface area contributed by atoms with Crippen molar-refractivity contribution in [3.05, 3.63) is 58.1 Å². The number of hydrogen-bond acceptors (Lipinski definition) is 3. The minimum absolute atomic E-state index is 0.0712. The van der Waals surface area contributed by atoms with Crippen molar-refractivity contribution in [3.63, 3.8) is 0 Å². The number of benzene rings is 3. The predicted molar refractivity (Wildman–Crippen MR) is 92.2 cm³/mol. The lowest BCUT2D eigenvalue weighted by Crippen LogP contribution is -2.29. The second kappa shape index (κ2) is 4.17. The van der Waals surface area contributed by atoms with Gasteiger partial charge in [0.15, 0.2) is 0 Å². The molecule has 0 spiro atoms. The van der Waals surface area contributed by atoms with E-state index >= 15 is 0 Å². The highest BCUT2D eigenvalue weighted by Crippen LogP contribution is 2.54. The van der Waals surface area contributed by atoms with Crippen LogP contribution >= 0.6 is 0 Å². The fourth-order valence-corrected chi connectivity index (χ4v) is 5.00. The van der Waals surface area contributed by atoms with E-state index in [0.717, 1.165) is 24.0 Å². The van der Waals surface area contributed by atoms with Crippen LogP contribution in [0.5, 0.6) is 0 Å². The third kappa shape index (κ3) is 1.44. The molecule has 6 rings (SSSR count). The van der Waals surface area contributed by atoms with E-state index in [1.165, 1.54) is 38.2 Å². The van der Waals surface area contributed by atoms with Crippen LogP contribution in [0.25, 0.3) is 21.5 Å². The molecule has 0 radical (unpaired) electrons. The first-order valence-corrected chi connectivity index (χ1v) is 8.67. The number of epoxide rings is 1. The second-order valence-corrected chi connectivity index (χ2v) is 7.43. The summed E-state index contributed by atoms with van der Waals surface area (Å²) < 4.78 is 5.70. The minimum atomic E-state index is -0.856. The molecule has 1 aliphatic heterocycles. The van der Waals surface area contributed by atoms with E-state index in [0.29, 0.717) is 0 Å². The first-order valence-electron chi connectivity index (χ1n) is 8.67. The SMILES string of the molecule is Cc1ccc2cc3c4c(ccc3c3c2c1CC3)[C@H](O)[C@@H](O)[C@H]1O[C@@H]41. The van der Waals surface area contributed by atoms with Crippen LogP contribution < -0.4 is 0 Å². The Morgan fingerprint density at radius 1 is 1.00 bits per heavy atom. The molecule has 120 valence electrons. The van der Waals surface area contributed by atoms with Gasteiger partial charge in [-0.15, -0.1) is 0 Å². The van der Waals surface area contributed by atoms with Crippen LogP contribution in [0.3, 0.4) is 0 Å². The van der Waals surface area contributed by atoms with Gasteiger partial charge in [-0.25, -0.2) is 0 Å². The van der Waals surface area contributed by atoms with Gasteiger partial charge in [0.2, 0.25) is 0 Å². The predicted octanol–water partition coefficient (Wildman–Crippen LogP) is 3.25. The molecule has 4 atom stereocenters. The van der Waals surface area contributed by atoms with Crippen LogP contribution in [0.1, 0.15) is 40.0 Å². The Hall–Kier alpha value is -1.94. The van der Waals surface area contributed by atoms with Crippen molar-refractivity contribution in [3.8, 4) is 0 Å². The fraction of sp³-hybridized carbons (Fsp3) is 0.333. The summed E-state index contributed by atoms with van der Waals surface area (Å²) in [5.41, 5.74) is 6.20. The molecule has 0 aromatic heterocycles. The van der Waals surface area contributed by atoms with Crippen molar-refractivity contribution in [1.82, 2.24) is 0 Å². The highest BCUT2D eigenvalue weighted by Gasteiger charge is 2.54. The average molecular weight is 318 g/mol. The number of aliphatic hydroxyl groups is 2. The highest BCUT2D eigenvalue weighted by atomic mass is 16.6. The Balaban J connectivity index is 1.76. The molecule has 24 heavy (non-hydrogen) atoms. The summed E-state index contributed by atoms with van der Waals surface area (Å²) in [7, 11) is 0. The summed E-state index contributed by atoms with van der Waals surface area (Å²) >= 11 is 0. The molecular weight excluding hydrogens is 300 g/mol. The number of rotatable bonds is 0. The Bertz CT molecular complexity index is 1050. The molecule has 3 aromatic carbocycles. The van der Waals surface area contributed by atoms with Crippen molar-refractivity contribution >= 4 is 21.5 Å². The lowest BCUT2D eigenvalue weighted by Gasteiger charge is -2.25. The van der Waals surface area contributed by atoms with Gasteiger partial charge < -0.3 is 14.9 Å². The van der Waals surface area contributed by atoms with Crippen LogP contribution in [0.15, 0.2) is 30.3 Å². The van der Waals surface area contributed by atoms with Gasteiger partial charge >= 0.3 is 0 Å². The standard InChI is InChI=1S/C21H18O3/c1-9-2-3-10-8-15-12(13-6-4-11(9)16(10)13)5-7-14-17(15)20-21(24-20)19(23)18(14)22/h2-3,5,7-8,18-23H,4,6H2,1H3/t18-,19+,20-,21+/m0/s1. The topological polar surface area (TPSA) is 53.0 Å². The first-order chi connectivity index (χ1) is 11.6. The summed E-state index contributed by atoms with van der Waals surface area (Å²) in [5, 5.41) is 25.8.